The van der Waals surface area contributed by atoms with E-state index in [1.165, 1.54) is 0 Å². The van der Waals surface area contributed by atoms with Gasteiger partial charge in [-0.15, -0.1) is 0 Å². The number of hydrogen-bond donors (Lipinski definition) is 1. The van der Waals surface area contributed by atoms with Crippen molar-refractivity contribution in [3.63, 3.8) is 0 Å². The number of benzene rings is 2. The second-order valence-electron chi connectivity index (χ2n) is 4.45. The maximum absolute atomic E-state index is 11.3. The number of hydrogen-bond acceptors (Lipinski definition) is 2. The average Bonchev–Trinajstić information content (AvgIpc) is 2.46. The van der Waals surface area contributed by atoms with Crippen molar-refractivity contribution in [1.29, 1.82) is 0 Å². The highest BCUT2D eigenvalue weighted by Crippen LogP contribution is 2.14. The predicted octanol–water partition coefficient (Wildman–Crippen LogP) is 3.66. The molecule has 0 radical (unpaired) electrons. The van der Waals surface area contributed by atoms with Crippen LogP contribution in [0.5, 0.6) is 0 Å². The Morgan fingerprint density at radius 2 is 1.70 bits per heavy atom. The van der Waals surface area contributed by atoms with Crippen LogP contribution in [0.2, 0.25) is 0 Å². The number of carboxylic acids is 1. The Morgan fingerprint density at radius 3 is 2.30 bits per heavy atom. The van der Waals surface area contributed by atoms with Gasteiger partial charge in [0, 0.05) is 10.9 Å². The second kappa shape index (κ2) is 7.22. The quantitative estimate of drug-likeness (QED) is 0.876. The highest BCUT2D eigenvalue weighted by molar-refractivity contribution is 9.10. The van der Waals surface area contributed by atoms with Crippen LogP contribution < -0.4 is 0 Å². The lowest BCUT2D eigenvalue weighted by Gasteiger charge is -2.14. The Hall–Kier alpha value is -1.65. The van der Waals surface area contributed by atoms with E-state index in [4.69, 9.17) is 4.74 Å². The molecule has 3 nitrogen and oxygen atoms in total. The highest BCUT2D eigenvalue weighted by atomic mass is 79.9. The van der Waals surface area contributed by atoms with E-state index in [1.807, 2.05) is 54.6 Å². The van der Waals surface area contributed by atoms with Crippen LogP contribution in [0, 0.1) is 0 Å². The zero-order valence-electron chi connectivity index (χ0n) is 10.8. The summed E-state index contributed by atoms with van der Waals surface area (Å²) in [6, 6.07) is 17.1. The summed E-state index contributed by atoms with van der Waals surface area (Å²) in [5.74, 6) is -0.941. The van der Waals surface area contributed by atoms with Gasteiger partial charge in [0.2, 0.25) is 0 Å². The normalized spacial score (nSPS) is 12.1. The van der Waals surface area contributed by atoms with Crippen LogP contribution in [0.25, 0.3) is 0 Å². The maximum atomic E-state index is 11.3. The van der Waals surface area contributed by atoms with E-state index in [-0.39, 0.29) is 0 Å². The topological polar surface area (TPSA) is 46.5 Å². The van der Waals surface area contributed by atoms with Crippen molar-refractivity contribution in [2.45, 2.75) is 19.1 Å². The summed E-state index contributed by atoms with van der Waals surface area (Å²) < 4.78 is 6.48. The molecule has 20 heavy (non-hydrogen) atoms. The van der Waals surface area contributed by atoms with Crippen LogP contribution in [0.4, 0.5) is 0 Å². The molecule has 0 aliphatic rings. The van der Waals surface area contributed by atoms with E-state index in [1.54, 1.807) is 0 Å². The van der Waals surface area contributed by atoms with Gasteiger partial charge in [-0.3, -0.25) is 0 Å². The van der Waals surface area contributed by atoms with Crippen molar-refractivity contribution >= 4 is 21.9 Å². The number of aliphatic carboxylic acids is 1. The molecule has 104 valence electrons. The van der Waals surface area contributed by atoms with E-state index >= 15 is 0 Å². The molecule has 0 saturated carbocycles. The van der Waals surface area contributed by atoms with Crippen molar-refractivity contribution < 1.29 is 14.6 Å². The molecular weight excluding hydrogens is 320 g/mol. The summed E-state index contributed by atoms with van der Waals surface area (Å²) in [5.41, 5.74) is 1.91. The van der Waals surface area contributed by atoms with Crippen LogP contribution in [0.1, 0.15) is 11.1 Å². The first-order valence-corrected chi connectivity index (χ1v) is 7.07. The van der Waals surface area contributed by atoms with Gasteiger partial charge in [0.15, 0.2) is 6.10 Å². The maximum Gasteiger partial charge on any atom is 0.333 e. The molecule has 0 bridgehead atoms. The molecule has 0 heterocycles. The molecule has 2 aromatic rings. The van der Waals surface area contributed by atoms with Gasteiger partial charge >= 0.3 is 5.97 Å². The molecule has 4 heteroatoms. The minimum absolute atomic E-state index is 0.300. The smallest absolute Gasteiger partial charge is 0.333 e. The SMILES string of the molecule is O=C(O)[C@@H](Cc1ccc(Br)cc1)OCc1ccccc1. The molecule has 1 N–H and O–H groups in total. The number of rotatable bonds is 6. The van der Waals surface area contributed by atoms with Crippen molar-refractivity contribution in [2.24, 2.45) is 0 Å². The van der Waals surface area contributed by atoms with Gasteiger partial charge in [-0.2, -0.15) is 0 Å². The third kappa shape index (κ3) is 4.47. The number of carbonyl (C=O) groups is 1. The van der Waals surface area contributed by atoms with E-state index in [2.05, 4.69) is 15.9 Å². The number of carboxylic acid groups (broad SMARTS) is 1. The van der Waals surface area contributed by atoms with Crippen LogP contribution >= 0.6 is 15.9 Å². The molecule has 0 amide bonds. The molecule has 0 spiro atoms. The second-order valence-corrected chi connectivity index (χ2v) is 5.37. The molecule has 0 aliphatic carbocycles. The fraction of sp³-hybridized carbons (Fsp3) is 0.188. The third-order valence-corrected chi connectivity index (χ3v) is 3.43. The van der Waals surface area contributed by atoms with Crippen molar-refractivity contribution in [2.75, 3.05) is 0 Å². The summed E-state index contributed by atoms with van der Waals surface area (Å²) >= 11 is 3.35. The van der Waals surface area contributed by atoms with Gasteiger partial charge in [-0.05, 0) is 23.3 Å². The Morgan fingerprint density at radius 1 is 1.05 bits per heavy atom. The zero-order valence-corrected chi connectivity index (χ0v) is 12.4. The molecule has 2 aromatic carbocycles. The van der Waals surface area contributed by atoms with Gasteiger partial charge < -0.3 is 9.84 Å². The Balaban J connectivity index is 1.97. The van der Waals surface area contributed by atoms with E-state index < -0.39 is 12.1 Å². The number of ether oxygens (including phenoxy) is 1. The summed E-state index contributed by atoms with van der Waals surface area (Å²) in [4.78, 5) is 11.3. The lowest BCUT2D eigenvalue weighted by molar-refractivity contribution is -0.151. The van der Waals surface area contributed by atoms with Gasteiger partial charge in [0.25, 0.3) is 0 Å². The molecule has 0 unspecified atom stereocenters. The first kappa shape index (κ1) is 14.8. The van der Waals surface area contributed by atoms with E-state index in [0.717, 1.165) is 15.6 Å². The fourth-order valence-electron chi connectivity index (χ4n) is 1.82. The summed E-state index contributed by atoms with van der Waals surface area (Å²) in [7, 11) is 0. The highest BCUT2D eigenvalue weighted by Gasteiger charge is 2.18. The minimum Gasteiger partial charge on any atom is -0.479 e. The van der Waals surface area contributed by atoms with Crippen molar-refractivity contribution in [3.8, 4) is 0 Å². The number of halogens is 1. The van der Waals surface area contributed by atoms with Crippen LogP contribution in [-0.4, -0.2) is 17.2 Å². The zero-order chi connectivity index (χ0) is 14.4. The molecule has 1 atom stereocenters. The lowest BCUT2D eigenvalue weighted by atomic mass is 10.1. The molecule has 0 aliphatic heterocycles. The molecule has 0 saturated heterocycles. The Bertz CT molecular complexity index is 552. The van der Waals surface area contributed by atoms with Crippen LogP contribution in [-0.2, 0) is 22.6 Å². The summed E-state index contributed by atoms with van der Waals surface area (Å²) in [6.07, 6.45) is -0.480. The first-order valence-electron chi connectivity index (χ1n) is 6.28. The minimum atomic E-state index is -0.941. The van der Waals surface area contributed by atoms with Crippen molar-refractivity contribution in [3.05, 3.63) is 70.2 Å². The molecule has 0 fully saturated rings. The first-order chi connectivity index (χ1) is 9.65. The summed E-state index contributed by atoms with van der Waals surface area (Å²) in [6.45, 7) is 0.300. The van der Waals surface area contributed by atoms with Gasteiger partial charge in [-0.1, -0.05) is 58.4 Å². The average molecular weight is 335 g/mol. The monoisotopic (exact) mass is 334 g/mol. The lowest BCUT2D eigenvalue weighted by Crippen LogP contribution is -2.26. The van der Waals surface area contributed by atoms with E-state index in [9.17, 15) is 9.90 Å². The Kier molecular flexibility index (Phi) is 5.32. The largest absolute Gasteiger partial charge is 0.479 e. The molecular formula is C16H15BrO3. The van der Waals surface area contributed by atoms with E-state index in [0.29, 0.717) is 13.0 Å². The van der Waals surface area contributed by atoms with Crippen LogP contribution in [0.3, 0.4) is 0 Å². The van der Waals surface area contributed by atoms with Gasteiger partial charge in [0.05, 0.1) is 6.61 Å². The molecule has 0 aromatic heterocycles. The van der Waals surface area contributed by atoms with Gasteiger partial charge in [0.1, 0.15) is 0 Å². The van der Waals surface area contributed by atoms with Gasteiger partial charge in [-0.25, -0.2) is 4.79 Å². The molecule has 2 rings (SSSR count). The summed E-state index contributed by atoms with van der Waals surface area (Å²) in [5, 5.41) is 9.23. The predicted molar refractivity (Wildman–Crippen MR) is 80.5 cm³/mol. The Labute approximate surface area is 126 Å². The third-order valence-electron chi connectivity index (χ3n) is 2.90. The standard InChI is InChI=1S/C16H15BrO3/c17-14-8-6-12(7-9-14)10-15(16(18)19)20-11-13-4-2-1-3-5-13/h1-9,15H,10-11H2,(H,18,19)/t15-/m1/s1. The fourth-order valence-corrected chi connectivity index (χ4v) is 2.09. The van der Waals surface area contributed by atoms with Crippen LogP contribution in [0.15, 0.2) is 59.1 Å². The van der Waals surface area contributed by atoms with Crippen molar-refractivity contribution in [1.82, 2.24) is 0 Å².